The van der Waals surface area contributed by atoms with Gasteiger partial charge in [0, 0.05) is 26.6 Å². The molecular weight excluding hydrogens is 360 g/mol. The molecule has 1 N–H and O–H groups in total. The number of hydrogen-bond donors (Lipinski definition) is 1. The normalized spacial score (nSPS) is 11.4. The van der Waals surface area contributed by atoms with Crippen LogP contribution >= 0.6 is 23.7 Å². The molecule has 0 fully saturated rings. The van der Waals surface area contributed by atoms with Crippen molar-refractivity contribution < 1.29 is 14.3 Å². The first-order valence-electron chi connectivity index (χ1n) is 7.84. The highest BCUT2D eigenvalue weighted by molar-refractivity contribution is 7.12. The highest BCUT2D eigenvalue weighted by Crippen LogP contribution is 2.24. The molecule has 0 spiro atoms. The van der Waals surface area contributed by atoms with E-state index in [1.165, 1.54) is 10.5 Å². The van der Waals surface area contributed by atoms with E-state index in [1.54, 1.807) is 25.4 Å². The molecule has 0 saturated heterocycles. The van der Waals surface area contributed by atoms with Gasteiger partial charge in [-0.05, 0) is 48.7 Å². The fourth-order valence-corrected chi connectivity index (χ4v) is 2.97. The third-order valence-electron chi connectivity index (χ3n) is 3.56. The minimum absolute atomic E-state index is 0. The number of aryl methyl sites for hydroxylation is 1. The lowest BCUT2D eigenvalue weighted by Crippen LogP contribution is -2.25. The zero-order valence-electron chi connectivity index (χ0n) is 14.9. The van der Waals surface area contributed by atoms with Gasteiger partial charge in [-0.3, -0.25) is 0 Å². The van der Waals surface area contributed by atoms with Gasteiger partial charge < -0.3 is 19.7 Å². The molecule has 0 aliphatic heterocycles. The molecule has 5 nitrogen and oxygen atoms in total. The second-order valence-corrected chi connectivity index (χ2v) is 6.63. The van der Waals surface area contributed by atoms with Crippen molar-refractivity contribution in [3.8, 4) is 10.8 Å². The minimum atomic E-state index is -0.382. The van der Waals surface area contributed by atoms with Crippen LogP contribution in [0, 0.1) is 6.92 Å². The summed E-state index contributed by atoms with van der Waals surface area (Å²) in [6, 6.07) is 9.79. The topological polar surface area (TPSA) is 50.8 Å². The Balaban J connectivity index is 0.00000312. The standard InChI is InChI=1S/C18H24N2O3S.ClH/c1-13-11-17(24-12-13)22-10-9-16(19-2)14-5-7-15(8-6-14)23-18(21)20(3)4;/h5-8,11-12,16,19H,9-10H2,1-4H3;1H/t16-;/m1./s1. The molecule has 1 aromatic carbocycles. The van der Waals surface area contributed by atoms with Gasteiger partial charge in [0.1, 0.15) is 5.75 Å². The van der Waals surface area contributed by atoms with Gasteiger partial charge in [-0.2, -0.15) is 0 Å². The summed E-state index contributed by atoms with van der Waals surface area (Å²) >= 11 is 1.62. The quantitative estimate of drug-likeness (QED) is 0.774. The summed E-state index contributed by atoms with van der Waals surface area (Å²) in [7, 11) is 5.24. The van der Waals surface area contributed by atoms with Gasteiger partial charge in [-0.1, -0.05) is 12.1 Å². The Morgan fingerprint density at radius 1 is 1.28 bits per heavy atom. The number of nitrogens with one attached hydrogen (secondary N) is 1. The second-order valence-electron chi connectivity index (χ2n) is 5.75. The van der Waals surface area contributed by atoms with E-state index in [2.05, 4.69) is 17.6 Å². The number of carbonyl (C=O) groups is 1. The van der Waals surface area contributed by atoms with Crippen molar-refractivity contribution >= 4 is 29.8 Å². The number of rotatable bonds is 7. The van der Waals surface area contributed by atoms with Crippen molar-refractivity contribution in [2.75, 3.05) is 27.7 Å². The lowest BCUT2D eigenvalue weighted by molar-refractivity contribution is 0.172. The first-order chi connectivity index (χ1) is 11.5. The monoisotopic (exact) mass is 384 g/mol. The molecule has 7 heteroatoms. The maximum atomic E-state index is 11.5. The predicted molar refractivity (Wildman–Crippen MR) is 104 cm³/mol. The Labute approximate surface area is 159 Å². The van der Waals surface area contributed by atoms with Crippen LogP contribution < -0.4 is 14.8 Å². The number of amides is 1. The summed E-state index contributed by atoms with van der Waals surface area (Å²) in [6.07, 6.45) is 0.470. The van der Waals surface area contributed by atoms with Crippen LogP contribution in [0.3, 0.4) is 0 Å². The first kappa shape index (κ1) is 21.3. The number of carbonyl (C=O) groups excluding carboxylic acids is 1. The van der Waals surface area contributed by atoms with E-state index in [0.29, 0.717) is 12.4 Å². The zero-order valence-corrected chi connectivity index (χ0v) is 16.6. The Morgan fingerprint density at radius 3 is 2.48 bits per heavy atom. The van der Waals surface area contributed by atoms with E-state index < -0.39 is 0 Å². The Kier molecular flexibility index (Phi) is 8.75. The van der Waals surface area contributed by atoms with Crippen molar-refractivity contribution in [1.29, 1.82) is 0 Å². The van der Waals surface area contributed by atoms with Crippen LogP contribution in [0.2, 0.25) is 0 Å². The van der Waals surface area contributed by atoms with Gasteiger partial charge >= 0.3 is 6.09 Å². The first-order valence-corrected chi connectivity index (χ1v) is 8.72. The molecule has 1 aromatic heterocycles. The van der Waals surface area contributed by atoms with E-state index in [9.17, 15) is 4.79 Å². The van der Waals surface area contributed by atoms with Crippen LogP contribution in [-0.4, -0.2) is 38.7 Å². The number of ether oxygens (including phenoxy) is 2. The molecule has 1 amide bonds. The Morgan fingerprint density at radius 2 is 1.96 bits per heavy atom. The molecule has 1 heterocycles. The van der Waals surface area contributed by atoms with E-state index in [1.807, 2.05) is 37.4 Å². The average molecular weight is 385 g/mol. The fraction of sp³-hybridized carbons (Fsp3) is 0.389. The van der Waals surface area contributed by atoms with Crippen molar-refractivity contribution in [3.05, 3.63) is 46.8 Å². The van der Waals surface area contributed by atoms with Crippen molar-refractivity contribution in [2.45, 2.75) is 19.4 Å². The second kappa shape index (κ2) is 10.3. The largest absolute Gasteiger partial charge is 0.484 e. The molecule has 0 aliphatic carbocycles. The van der Waals surface area contributed by atoms with Gasteiger partial charge in [0.2, 0.25) is 0 Å². The summed E-state index contributed by atoms with van der Waals surface area (Å²) < 4.78 is 11.0. The SMILES string of the molecule is CN[C@H](CCOc1cc(C)cs1)c1ccc(OC(=O)N(C)C)cc1.Cl. The predicted octanol–water partition coefficient (Wildman–Crippen LogP) is 4.27. The van der Waals surface area contributed by atoms with E-state index in [0.717, 1.165) is 17.0 Å². The zero-order chi connectivity index (χ0) is 17.5. The number of halogens is 1. The summed E-state index contributed by atoms with van der Waals surface area (Å²) in [6.45, 7) is 2.70. The number of thiophene rings is 1. The lowest BCUT2D eigenvalue weighted by Gasteiger charge is -2.17. The summed E-state index contributed by atoms with van der Waals surface area (Å²) in [5.41, 5.74) is 2.36. The van der Waals surface area contributed by atoms with Gasteiger partial charge in [-0.15, -0.1) is 23.7 Å². The maximum Gasteiger partial charge on any atom is 0.414 e. The molecule has 25 heavy (non-hydrogen) atoms. The van der Waals surface area contributed by atoms with Crippen LogP contribution in [0.15, 0.2) is 35.7 Å². The number of nitrogens with zero attached hydrogens (tertiary/aromatic N) is 1. The van der Waals surface area contributed by atoms with Gasteiger partial charge in [0.05, 0.1) is 6.61 Å². The molecular formula is C18H25ClN2O3S. The summed E-state index contributed by atoms with van der Waals surface area (Å²) in [5.74, 6) is 0.539. The van der Waals surface area contributed by atoms with Crippen molar-refractivity contribution in [2.24, 2.45) is 0 Å². The molecule has 138 valence electrons. The van der Waals surface area contributed by atoms with E-state index >= 15 is 0 Å². The lowest BCUT2D eigenvalue weighted by atomic mass is 10.0. The third kappa shape index (κ3) is 6.57. The molecule has 0 aliphatic rings. The van der Waals surface area contributed by atoms with Crippen LogP contribution in [0.5, 0.6) is 10.8 Å². The van der Waals surface area contributed by atoms with Crippen LogP contribution in [0.4, 0.5) is 4.79 Å². The molecule has 0 saturated carbocycles. The highest BCUT2D eigenvalue weighted by Gasteiger charge is 2.11. The minimum Gasteiger partial charge on any atom is -0.484 e. The fourth-order valence-electron chi connectivity index (χ4n) is 2.20. The average Bonchev–Trinajstić information content (AvgIpc) is 2.98. The maximum absolute atomic E-state index is 11.5. The van der Waals surface area contributed by atoms with Crippen LogP contribution in [0.1, 0.15) is 23.6 Å². The molecule has 2 rings (SSSR count). The number of benzene rings is 1. The Bertz CT molecular complexity index is 659. The van der Waals surface area contributed by atoms with Crippen LogP contribution in [0.25, 0.3) is 0 Å². The molecule has 2 aromatic rings. The van der Waals surface area contributed by atoms with Gasteiger partial charge in [-0.25, -0.2) is 4.79 Å². The summed E-state index contributed by atoms with van der Waals surface area (Å²) in [5, 5.41) is 6.33. The molecule has 0 bridgehead atoms. The number of hydrogen-bond acceptors (Lipinski definition) is 5. The van der Waals surface area contributed by atoms with Crippen LogP contribution in [-0.2, 0) is 0 Å². The Hall–Kier alpha value is -1.76. The molecule has 1 atom stereocenters. The third-order valence-corrected chi connectivity index (χ3v) is 4.52. The highest BCUT2D eigenvalue weighted by atomic mass is 35.5. The van der Waals surface area contributed by atoms with Gasteiger partial charge in [0.25, 0.3) is 0 Å². The smallest absolute Gasteiger partial charge is 0.414 e. The van der Waals surface area contributed by atoms with E-state index in [-0.39, 0.29) is 24.5 Å². The van der Waals surface area contributed by atoms with Gasteiger partial charge in [0.15, 0.2) is 5.06 Å². The molecule has 0 unspecified atom stereocenters. The summed E-state index contributed by atoms with van der Waals surface area (Å²) in [4.78, 5) is 12.9. The molecule has 0 radical (unpaired) electrons. The van der Waals surface area contributed by atoms with Crippen molar-refractivity contribution in [1.82, 2.24) is 10.2 Å². The van der Waals surface area contributed by atoms with E-state index in [4.69, 9.17) is 9.47 Å². The van der Waals surface area contributed by atoms with Crippen molar-refractivity contribution in [3.63, 3.8) is 0 Å².